The Labute approximate surface area is 150 Å². The number of hydrogen-bond acceptors (Lipinski definition) is 3. The van der Waals surface area contributed by atoms with Gasteiger partial charge in [0.05, 0.1) is 5.75 Å². The molecule has 2 aromatic carbocycles. The molecule has 1 aliphatic rings. The van der Waals surface area contributed by atoms with Crippen molar-refractivity contribution in [3.8, 4) is 0 Å². The molecule has 0 spiro atoms. The Kier molecular flexibility index (Phi) is 5.11. The fourth-order valence-corrected chi connectivity index (χ4v) is 3.82. The van der Waals surface area contributed by atoms with Crippen LogP contribution in [0.5, 0.6) is 0 Å². The molecule has 1 heterocycles. The highest BCUT2D eigenvalue weighted by atomic mass is 35.5. The summed E-state index contributed by atoms with van der Waals surface area (Å²) in [5.74, 6) is 0.253. The number of carbonyl (C=O) groups excluding carboxylic acids is 2. The number of rotatable bonds is 4. The third-order valence-electron chi connectivity index (χ3n) is 3.78. The Balaban J connectivity index is 1.83. The van der Waals surface area contributed by atoms with Crippen molar-refractivity contribution in [2.24, 2.45) is 0 Å². The SMILES string of the molecule is Cc1ccc(N2C(=O)CS[C@@H]2c2ccc(NC(=O)CCl)cc2)cc1. The van der Waals surface area contributed by atoms with Crippen LogP contribution < -0.4 is 10.2 Å². The van der Waals surface area contributed by atoms with E-state index in [1.807, 2.05) is 60.4 Å². The molecule has 0 saturated carbocycles. The van der Waals surface area contributed by atoms with E-state index in [2.05, 4.69) is 5.32 Å². The first kappa shape index (κ1) is 16.9. The van der Waals surface area contributed by atoms with Gasteiger partial charge in [-0.2, -0.15) is 0 Å². The summed E-state index contributed by atoms with van der Waals surface area (Å²) in [5.41, 5.74) is 3.78. The Hall–Kier alpha value is -1.98. The Morgan fingerprint density at radius 3 is 2.50 bits per heavy atom. The van der Waals surface area contributed by atoms with Gasteiger partial charge in [0, 0.05) is 11.4 Å². The van der Waals surface area contributed by atoms with E-state index in [1.165, 1.54) is 0 Å². The van der Waals surface area contributed by atoms with Gasteiger partial charge in [0.1, 0.15) is 11.3 Å². The molecular formula is C18H17ClN2O2S. The highest BCUT2D eigenvalue weighted by Crippen LogP contribution is 2.41. The topological polar surface area (TPSA) is 49.4 Å². The van der Waals surface area contributed by atoms with Crippen LogP contribution in [-0.4, -0.2) is 23.4 Å². The number of benzene rings is 2. The molecule has 0 unspecified atom stereocenters. The van der Waals surface area contributed by atoms with Crippen molar-refractivity contribution in [1.29, 1.82) is 0 Å². The van der Waals surface area contributed by atoms with Crippen molar-refractivity contribution in [1.82, 2.24) is 0 Å². The van der Waals surface area contributed by atoms with Crippen molar-refractivity contribution in [2.45, 2.75) is 12.3 Å². The second kappa shape index (κ2) is 7.28. The predicted octanol–water partition coefficient (Wildman–Crippen LogP) is 3.95. The summed E-state index contributed by atoms with van der Waals surface area (Å²) >= 11 is 7.09. The van der Waals surface area contributed by atoms with E-state index in [4.69, 9.17) is 11.6 Å². The number of nitrogens with zero attached hydrogens (tertiary/aromatic N) is 1. The molecule has 0 radical (unpaired) electrons. The average molecular weight is 361 g/mol. The summed E-state index contributed by atoms with van der Waals surface area (Å²) in [7, 11) is 0. The predicted molar refractivity (Wildman–Crippen MR) is 99.7 cm³/mol. The molecule has 4 nitrogen and oxygen atoms in total. The molecule has 1 aliphatic heterocycles. The molecule has 124 valence electrons. The lowest BCUT2D eigenvalue weighted by atomic mass is 10.1. The lowest BCUT2D eigenvalue weighted by Crippen LogP contribution is -2.27. The van der Waals surface area contributed by atoms with Crippen molar-refractivity contribution in [3.05, 3.63) is 59.7 Å². The van der Waals surface area contributed by atoms with Crippen LogP contribution in [0.4, 0.5) is 11.4 Å². The van der Waals surface area contributed by atoms with Crippen molar-refractivity contribution >= 4 is 46.6 Å². The molecule has 3 rings (SSSR count). The zero-order valence-corrected chi connectivity index (χ0v) is 14.7. The summed E-state index contributed by atoms with van der Waals surface area (Å²) in [6.07, 6.45) is 0. The molecular weight excluding hydrogens is 344 g/mol. The van der Waals surface area contributed by atoms with Gasteiger partial charge in [0.25, 0.3) is 0 Å². The van der Waals surface area contributed by atoms with Gasteiger partial charge in [0.2, 0.25) is 11.8 Å². The van der Waals surface area contributed by atoms with Gasteiger partial charge < -0.3 is 5.32 Å². The molecule has 6 heteroatoms. The van der Waals surface area contributed by atoms with Gasteiger partial charge in [0.15, 0.2) is 0 Å². The first-order chi connectivity index (χ1) is 11.6. The van der Waals surface area contributed by atoms with Crippen LogP contribution in [0.3, 0.4) is 0 Å². The summed E-state index contributed by atoms with van der Waals surface area (Å²) < 4.78 is 0. The normalized spacial score (nSPS) is 17.2. The monoisotopic (exact) mass is 360 g/mol. The number of aryl methyl sites for hydroxylation is 1. The fraction of sp³-hybridized carbons (Fsp3) is 0.222. The minimum atomic E-state index is -0.240. The first-order valence-electron chi connectivity index (χ1n) is 7.54. The molecule has 2 aromatic rings. The number of amides is 2. The fourth-order valence-electron chi connectivity index (χ4n) is 2.58. The molecule has 0 aromatic heterocycles. The van der Waals surface area contributed by atoms with Crippen LogP contribution in [0.1, 0.15) is 16.5 Å². The van der Waals surface area contributed by atoms with Crippen molar-refractivity contribution in [3.63, 3.8) is 0 Å². The van der Waals surface area contributed by atoms with Gasteiger partial charge in [-0.1, -0.05) is 29.8 Å². The molecule has 1 saturated heterocycles. The third-order valence-corrected chi connectivity index (χ3v) is 5.24. The maximum atomic E-state index is 12.3. The lowest BCUT2D eigenvalue weighted by molar-refractivity contribution is -0.116. The zero-order chi connectivity index (χ0) is 17.1. The van der Waals surface area contributed by atoms with Gasteiger partial charge >= 0.3 is 0 Å². The van der Waals surface area contributed by atoms with Crippen molar-refractivity contribution in [2.75, 3.05) is 21.8 Å². The van der Waals surface area contributed by atoms with E-state index in [1.54, 1.807) is 11.8 Å². The van der Waals surface area contributed by atoms with Crippen LogP contribution >= 0.6 is 23.4 Å². The number of thioether (sulfide) groups is 1. The molecule has 0 bridgehead atoms. The molecule has 1 fully saturated rings. The standard InChI is InChI=1S/C18H17ClN2O2S/c1-12-2-8-15(9-3-12)21-17(23)11-24-18(21)13-4-6-14(7-5-13)20-16(22)10-19/h2-9,18H,10-11H2,1H3,(H,20,22)/t18-/m1/s1. The third kappa shape index (κ3) is 3.57. The van der Waals surface area contributed by atoms with Gasteiger partial charge in [-0.3, -0.25) is 14.5 Å². The van der Waals surface area contributed by atoms with Crippen LogP contribution in [0.2, 0.25) is 0 Å². The highest BCUT2D eigenvalue weighted by molar-refractivity contribution is 8.00. The van der Waals surface area contributed by atoms with Gasteiger partial charge in [-0.15, -0.1) is 23.4 Å². The second-order valence-corrected chi connectivity index (χ2v) is 6.90. The molecule has 0 aliphatic carbocycles. The minimum absolute atomic E-state index is 0.0574. The number of nitrogens with one attached hydrogen (secondary N) is 1. The van der Waals surface area contributed by atoms with E-state index in [0.29, 0.717) is 11.4 Å². The molecule has 1 N–H and O–H groups in total. The maximum Gasteiger partial charge on any atom is 0.239 e. The number of halogens is 1. The van der Waals surface area contributed by atoms with E-state index in [-0.39, 0.29) is 23.1 Å². The van der Waals surface area contributed by atoms with Gasteiger partial charge in [-0.05, 0) is 36.8 Å². The average Bonchev–Trinajstić information content (AvgIpc) is 2.98. The maximum absolute atomic E-state index is 12.3. The number of alkyl halides is 1. The van der Waals surface area contributed by atoms with E-state index in [9.17, 15) is 9.59 Å². The van der Waals surface area contributed by atoms with Crippen LogP contribution in [0.25, 0.3) is 0 Å². The molecule has 2 amide bonds. The lowest BCUT2D eigenvalue weighted by Gasteiger charge is -2.24. The van der Waals surface area contributed by atoms with Crippen LogP contribution in [0, 0.1) is 6.92 Å². The molecule has 1 atom stereocenters. The molecule has 24 heavy (non-hydrogen) atoms. The minimum Gasteiger partial charge on any atom is -0.325 e. The van der Waals surface area contributed by atoms with Gasteiger partial charge in [-0.25, -0.2) is 0 Å². The number of anilines is 2. The number of carbonyl (C=O) groups is 2. The van der Waals surface area contributed by atoms with E-state index >= 15 is 0 Å². The van der Waals surface area contributed by atoms with Crippen LogP contribution in [0.15, 0.2) is 48.5 Å². The summed E-state index contributed by atoms with van der Waals surface area (Å²) in [6.45, 7) is 2.02. The smallest absolute Gasteiger partial charge is 0.239 e. The zero-order valence-electron chi connectivity index (χ0n) is 13.2. The number of hydrogen-bond donors (Lipinski definition) is 1. The second-order valence-electron chi connectivity index (χ2n) is 5.57. The largest absolute Gasteiger partial charge is 0.325 e. The summed E-state index contributed by atoms with van der Waals surface area (Å²) in [6, 6.07) is 15.5. The van der Waals surface area contributed by atoms with Crippen LogP contribution in [-0.2, 0) is 9.59 Å². The summed E-state index contributed by atoms with van der Waals surface area (Å²) in [5, 5.41) is 2.65. The summed E-state index contributed by atoms with van der Waals surface area (Å²) in [4.78, 5) is 25.5. The Bertz CT molecular complexity index is 747. The van der Waals surface area contributed by atoms with E-state index < -0.39 is 0 Å². The Morgan fingerprint density at radius 1 is 1.21 bits per heavy atom. The quantitative estimate of drug-likeness (QED) is 0.840. The van der Waals surface area contributed by atoms with E-state index in [0.717, 1.165) is 16.8 Å². The first-order valence-corrected chi connectivity index (χ1v) is 9.13. The highest BCUT2D eigenvalue weighted by Gasteiger charge is 2.33. The van der Waals surface area contributed by atoms with Crippen molar-refractivity contribution < 1.29 is 9.59 Å². The Morgan fingerprint density at radius 2 is 1.88 bits per heavy atom.